The summed E-state index contributed by atoms with van der Waals surface area (Å²) in [5.41, 5.74) is 0.0546. The minimum Gasteiger partial charge on any atom is -0.314 e. The summed E-state index contributed by atoms with van der Waals surface area (Å²) in [5, 5.41) is 2.71. The fourth-order valence-electron chi connectivity index (χ4n) is 1.37. The lowest BCUT2D eigenvalue weighted by molar-refractivity contribution is 0.696. The van der Waals surface area contributed by atoms with Crippen LogP contribution in [0.1, 0.15) is 6.42 Å². The van der Waals surface area contributed by atoms with Crippen molar-refractivity contribution in [2.45, 2.75) is 13.0 Å². The SMILES string of the molecule is C#CCCn1ccc2sccc2c1=O. The quantitative estimate of drug-likeness (QED) is 0.685. The number of aromatic nitrogens is 1. The monoisotopic (exact) mass is 203 g/mol. The zero-order valence-corrected chi connectivity index (χ0v) is 8.38. The summed E-state index contributed by atoms with van der Waals surface area (Å²) < 4.78 is 2.70. The minimum absolute atomic E-state index is 0.0546. The van der Waals surface area contributed by atoms with Gasteiger partial charge in [0.15, 0.2) is 0 Å². The molecule has 70 valence electrons. The third-order valence-electron chi connectivity index (χ3n) is 2.09. The van der Waals surface area contributed by atoms with Crippen molar-refractivity contribution >= 4 is 21.4 Å². The van der Waals surface area contributed by atoms with Gasteiger partial charge >= 0.3 is 0 Å². The van der Waals surface area contributed by atoms with Gasteiger partial charge in [0, 0.05) is 23.9 Å². The van der Waals surface area contributed by atoms with E-state index < -0.39 is 0 Å². The maximum absolute atomic E-state index is 11.8. The minimum atomic E-state index is 0.0546. The van der Waals surface area contributed by atoms with Crippen LogP contribution >= 0.6 is 11.3 Å². The van der Waals surface area contributed by atoms with Crippen LogP contribution in [-0.4, -0.2) is 4.57 Å². The molecule has 2 rings (SSSR count). The first-order chi connectivity index (χ1) is 6.83. The number of terminal acetylenes is 1. The summed E-state index contributed by atoms with van der Waals surface area (Å²) in [5.74, 6) is 2.53. The van der Waals surface area contributed by atoms with Gasteiger partial charge in [-0.25, -0.2) is 0 Å². The highest BCUT2D eigenvalue weighted by Crippen LogP contribution is 2.16. The van der Waals surface area contributed by atoms with Crippen molar-refractivity contribution in [1.82, 2.24) is 4.57 Å². The largest absolute Gasteiger partial charge is 0.314 e. The average molecular weight is 203 g/mol. The highest BCUT2D eigenvalue weighted by molar-refractivity contribution is 7.17. The van der Waals surface area contributed by atoms with E-state index in [1.165, 1.54) is 0 Å². The molecular weight excluding hydrogens is 194 g/mol. The highest BCUT2D eigenvalue weighted by atomic mass is 32.1. The Morgan fingerprint density at radius 2 is 2.36 bits per heavy atom. The van der Waals surface area contributed by atoms with Crippen molar-refractivity contribution in [3.05, 3.63) is 34.1 Å². The number of hydrogen-bond acceptors (Lipinski definition) is 2. The van der Waals surface area contributed by atoms with Gasteiger partial charge in [0.1, 0.15) is 0 Å². The Labute approximate surface area is 85.8 Å². The molecule has 0 aliphatic carbocycles. The molecule has 3 heteroatoms. The third kappa shape index (κ3) is 1.45. The van der Waals surface area contributed by atoms with Crippen LogP contribution in [0.15, 0.2) is 28.5 Å². The zero-order chi connectivity index (χ0) is 9.97. The molecular formula is C11H9NOS. The molecule has 2 aromatic rings. The second kappa shape index (κ2) is 3.69. The first-order valence-electron chi connectivity index (χ1n) is 4.33. The summed E-state index contributed by atoms with van der Waals surface area (Å²) in [6.45, 7) is 0.598. The number of aryl methyl sites for hydroxylation is 1. The van der Waals surface area contributed by atoms with Crippen molar-refractivity contribution in [2.75, 3.05) is 0 Å². The normalized spacial score (nSPS) is 10.2. The number of thiophene rings is 1. The maximum atomic E-state index is 11.8. The molecule has 0 atom stereocenters. The fraction of sp³-hybridized carbons (Fsp3) is 0.182. The van der Waals surface area contributed by atoms with Crippen LogP contribution in [0.5, 0.6) is 0 Å². The molecule has 2 nitrogen and oxygen atoms in total. The molecule has 14 heavy (non-hydrogen) atoms. The second-order valence-electron chi connectivity index (χ2n) is 2.97. The van der Waals surface area contributed by atoms with Crippen molar-refractivity contribution in [1.29, 1.82) is 0 Å². The summed E-state index contributed by atoms with van der Waals surface area (Å²) in [7, 11) is 0. The lowest BCUT2D eigenvalue weighted by Crippen LogP contribution is -2.18. The maximum Gasteiger partial charge on any atom is 0.259 e. The van der Waals surface area contributed by atoms with Crippen molar-refractivity contribution in [3.63, 3.8) is 0 Å². The molecule has 0 unspecified atom stereocenters. The van der Waals surface area contributed by atoms with Crippen molar-refractivity contribution in [3.8, 4) is 12.3 Å². The van der Waals surface area contributed by atoms with Gasteiger partial charge in [0.25, 0.3) is 5.56 Å². The topological polar surface area (TPSA) is 22.0 Å². The number of rotatable bonds is 2. The fourth-order valence-corrected chi connectivity index (χ4v) is 2.14. The van der Waals surface area contributed by atoms with Crippen LogP contribution in [0.2, 0.25) is 0 Å². The lowest BCUT2D eigenvalue weighted by Gasteiger charge is -2.01. The van der Waals surface area contributed by atoms with Crippen LogP contribution in [0.3, 0.4) is 0 Å². The third-order valence-corrected chi connectivity index (χ3v) is 2.97. The average Bonchev–Trinajstić information content (AvgIpc) is 2.66. The lowest BCUT2D eigenvalue weighted by atomic mass is 10.3. The van der Waals surface area contributed by atoms with E-state index in [4.69, 9.17) is 6.42 Å². The van der Waals surface area contributed by atoms with Crippen molar-refractivity contribution in [2.24, 2.45) is 0 Å². The molecule has 2 heterocycles. The van der Waals surface area contributed by atoms with Gasteiger partial charge in [-0.3, -0.25) is 4.79 Å². The van der Waals surface area contributed by atoms with Gasteiger partial charge in [-0.15, -0.1) is 23.7 Å². The summed E-state index contributed by atoms with van der Waals surface area (Å²) in [6, 6.07) is 3.81. The Kier molecular flexibility index (Phi) is 2.38. The second-order valence-corrected chi connectivity index (χ2v) is 3.91. The van der Waals surface area contributed by atoms with Crippen LogP contribution in [-0.2, 0) is 6.54 Å². The molecule has 0 saturated heterocycles. The Morgan fingerprint density at radius 1 is 1.50 bits per heavy atom. The van der Waals surface area contributed by atoms with E-state index >= 15 is 0 Å². The molecule has 0 amide bonds. The molecule has 0 fully saturated rings. The number of fused-ring (bicyclic) bond motifs is 1. The Morgan fingerprint density at radius 3 is 3.14 bits per heavy atom. The molecule has 0 N–H and O–H groups in total. The number of pyridine rings is 1. The zero-order valence-electron chi connectivity index (χ0n) is 7.56. The Hall–Kier alpha value is -1.53. The molecule has 0 spiro atoms. The molecule has 0 saturated carbocycles. The van der Waals surface area contributed by atoms with Crippen molar-refractivity contribution < 1.29 is 0 Å². The van der Waals surface area contributed by atoms with Gasteiger partial charge < -0.3 is 4.57 Å². The summed E-state index contributed by atoms with van der Waals surface area (Å²) in [4.78, 5) is 11.8. The van der Waals surface area contributed by atoms with Crippen LogP contribution in [0.4, 0.5) is 0 Å². The molecule has 0 bridgehead atoms. The van der Waals surface area contributed by atoms with Crippen LogP contribution < -0.4 is 5.56 Å². The van der Waals surface area contributed by atoms with Gasteiger partial charge in [0.2, 0.25) is 0 Å². The van der Waals surface area contributed by atoms with E-state index in [9.17, 15) is 4.79 Å². The van der Waals surface area contributed by atoms with E-state index in [2.05, 4.69) is 5.92 Å². The Bertz CT molecular complexity index is 544. The van der Waals surface area contributed by atoms with Gasteiger partial charge in [-0.1, -0.05) is 0 Å². The van der Waals surface area contributed by atoms with E-state index in [0.717, 1.165) is 10.1 Å². The van der Waals surface area contributed by atoms with E-state index in [-0.39, 0.29) is 5.56 Å². The summed E-state index contributed by atoms with van der Waals surface area (Å²) >= 11 is 1.58. The molecule has 0 aliphatic heterocycles. The number of hydrogen-bond donors (Lipinski definition) is 0. The number of nitrogens with zero attached hydrogens (tertiary/aromatic N) is 1. The molecule has 0 aliphatic rings. The van der Waals surface area contributed by atoms with Crippen LogP contribution in [0, 0.1) is 12.3 Å². The van der Waals surface area contributed by atoms with E-state index in [1.54, 1.807) is 22.1 Å². The molecule has 0 aromatic carbocycles. The van der Waals surface area contributed by atoms with E-state index in [1.807, 2.05) is 17.5 Å². The first-order valence-corrected chi connectivity index (χ1v) is 5.21. The predicted octanol–water partition coefficient (Wildman–Crippen LogP) is 2.09. The standard InChI is InChI=1S/C11H9NOS/c1-2-3-6-12-7-4-10-9(11(12)13)5-8-14-10/h1,4-5,7-8H,3,6H2. The molecule has 2 aromatic heterocycles. The van der Waals surface area contributed by atoms with E-state index in [0.29, 0.717) is 13.0 Å². The highest BCUT2D eigenvalue weighted by Gasteiger charge is 2.02. The Balaban J connectivity index is 2.52. The van der Waals surface area contributed by atoms with Crippen LogP contribution in [0.25, 0.3) is 10.1 Å². The van der Waals surface area contributed by atoms with Gasteiger partial charge in [-0.05, 0) is 17.5 Å². The summed E-state index contributed by atoms with van der Waals surface area (Å²) in [6.07, 6.45) is 7.55. The predicted molar refractivity (Wildman–Crippen MR) is 59.5 cm³/mol. The van der Waals surface area contributed by atoms with Gasteiger partial charge in [0.05, 0.1) is 5.39 Å². The first kappa shape index (κ1) is 9.04. The van der Waals surface area contributed by atoms with Gasteiger partial charge in [-0.2, -0.15) is 0 Å². The molecule has 0 radical (unpaired) electrons. The smallest absolute Gasteiger partial charge is 0.259 e.